The van der Waals surface area contributed by atoms with Crippen LogP contribution < -0.4 is 9.64 Å². The first kappa shape index (κ1) is 18.2. The number of carbonyl (C=O) groups excluding carboxylic acids is 1. The van der Waals surface area contributed by atoms with Crippen LogP contribution in [0.4, 0.5) is 5.82 Å². The maximum Gasteiger partial charge on any atom is 0.254 e. The Balaban J connectivity index is 1.55. The van der Waals surface area contributed by atoms with Gasteiger partial charge in [0.25, 0.3) is 5.91 Å². The molecule has 1 aliphatic heterocycles. The van der Waals surface area contributed by atoms with Crippen molar-refractivity contribution in [3.05, 3.63) is 59.9 Å². The maximum absolute atomic E-state index is 12.7. The van der Waals surface area contributed by atoms with E-state index < -0.39 is 0 Å². The second-order valence-corrected chi connectivity index (χ2v) is 7.05. The summed E-state index contributed by atoms with van der Waals surface area (Å²) < 4.78 is 5.35. The maximum atomic E-state index is 12.7. The number of pyridine rings is 2. The number of hydrogen-bond acceptors (Lipinski definition) is 5. The molecule has 0 saturated carbocycles. The van der Waals surface area contributed by atoms with E-state index in [2.05, 4.69) is 28.9 Å². The second kappa shape index (κ2) is 7.84. The number of benzene rings is 1. The Morgan fingerprint density at radius 2 is 1.86 bits per heavy atom. The molecule has 2 aromatic heterocycles. The van der Waals surface area contributed by atoms with Crippen molar-refractivity contribution in [3.63, 3.8) is 0 Å². The number of ether oxygens (including phenoxy) is 1. The summed E-state index contributed by atoms with van der Waals surface area (Å²) in [4.78, 5) is 25.8. The molecule has 6 heteroatoms. The number of rotatable bonds is 3. The van der Waals surface area contributed by atoms with Gasteiger partial charge in [-0.05, 0) is 49.2 Å². The molecule has 3 heterocycles. The van der Waals surface area contributed by atoms with Gasteiger partial charge in [0, 0.05) is 55.6 Å². The molecule has 4 rings (SSSR count). The van der Waals surface area contributed by atoms with Crippen molar-refractivity contribution in [2.45, 2.75) is 13.3 Å². The van der Waals surface area contributed by atoms with E-state index in [-0.39, 0.29) is 5.91 Å². The quantitative estimate of drug-likeness (QED) is 0.702. The van der Waals surface area contributed by atoms with Crippen molar-refractivity contribution in [1.82, 2.24) is 14.9 Å². The zero-order valence-corrected chi connectivity index (χ0v) is 16.3. The fourth-order valence-electron chi connectivity index (χ4n) is 3.68. The molecule has 0 N–H and O–H groups in total. The molecule has 1 amide bonds. The molecule has 1 saturated heterocycles. The molecule has 6 nitrogen and oxygen atoms in total. The summed E-state index contributed by atoms with van der Waals surface area (Å²) in [7, 11) is 1.67. The number of amides is 1. The third-order valence-electron chi connectivity index (χ3n) is 5.24. The zero-order valence-electron chi connectivity index (χ0n) is 16.3. The third-order valence-corrected chi connectivity index (χ3v) is 5.24. The number of anilines is 1. The fourth-order valence-corrected chi connectivity index (χ4v) is 3.68. The van der Waals surface area contributed by atoms with Gasteiger partial charge in [0.1, 0.15) is 11.6 Å². The van der Waals surface area contributed by atoms with E-state index in [1.165, 1.54) is 5.56 Å². The SMILES string of the molecule is COc1ccc2c(C)cc(N3CCCN(C(=O)c4ccncc4)CC3)nc2c1. The highest BCUT2D eigenvalue weighted by atomic mass is 16.5. The average Bonchev–Trinajstić information content (AvgIpc) is 2.99. The molecule has 0 radical (unpaired) electrons. The molecular weight excluding hydrogens is 352 g/mol. The van der Waals surface area contributed by atoms with Gasteiger partial charge in [-0.2, -0.15) is 0 Å². The van der Waals surface area contributed by atoms with Gasteiger partial charge in [0.15, 0.2) is 0 Å². The van der Waals surface area contributed by atoms with Gasteiger partial charge in [-0.15, -0.1) is 0 Å². The number of fused-ring (bicyclic) bond motifs is 1. The molecular formula is C22H24N4O2. The largest absolute Gasteiger partial charge is 0.497 e. The summed E-state index contributed by atoms with van der Waals surface area (Å²) in [6.07, 6.45) is 4.23. The van der Waals surface area contributed by atoms with E-state index in [0.717, 1.165) is 48.5 Å². The average molecular weight is 376 g/mol. The number of hydrogen-bond donors (Lipinski definition) is 0. The lowest BCUT2D eigenvalue weighted by molar-refractivity contribution is 0.0767. The van der Waals surface area contributed by atoms with E-state index in [0.29, 0.717) is 12.1 Å². The number of nitrogens with zero attached hydrogens (tertiary/aromatic N) is 4. The van der Waals surface area contributed by atoms with Gasteiger partial charge in [-0.25, -0.2) is 4.98 Å². The summed E-state index contributed by atoms with van der Waals surface area (Å²) in [5.74, 6) is 1.83. The minimum Gasteiger partial charge on any atom is -0.497 e. The van der Waals surface area contributed by atoms with Crippen LogP contribution in [0, 0.1) is 6.92 Å². The monoisotopic (exact) mass is 376 g/mol. The van der Waals surface area contributed by atoms with Gasteiger partial charge >= 0.3 is 0 Å². The molecule has 0 aliphatic carbocycles. The van der Waals surface area contributed by atoms with Gasteiger partial charge in [-0.1, -0.05) is 0 Å². The molecule has 1 aromatic carbocycles. The first-order valence-corrected chi connectivity index (χ1v) is 9.55. The highest BCUT2D eigenvalue weighted by molar-refractivity contribution is 5.94. The van der Waals surface area contributed by atoms with Crippen LogP contribution in [0.25, 0.3) is 10.9 Å². The first-order chi connectivity index (χ1) is 13.7. The lowest BCUT2D eigenvalue weighted by Gasteiger charge is -2.23. The zero-order chi connectivity index (χ0) is 19.5. The van der Waals surface area contributed by atoms with Crippen LogP contribution in [0.3, 0.4) is 0 Å². The summed E-state index contributed by atoms with van der Waals surface area (Å²) in [5.41, 5.74) is 2.81. The van der Waals surface area contributed by atoms with E-state index >= 15 is 0 Å². The Hall–Kier alpha value is -3.15. The van der Waals surface area contributed by atoms with Gasteiger partial charge in [0.2, 0.25) is 0 Å². The Morgan fingerprint density at radius 1 is 1.04 bits per heavy atom. The van der Waals surface area contributed by atoms with Gasteiger partial charge < -0.3 is 14.5 Å². The molecule has 1 aliphatic rings. The summed E-state index contributed by atoms with van der Waals surface area (Å²) in [6, 6.07) is 11.7. The molecule has 144 valence electrons. The predicted octanol–water partition coefficient (Wildman–Crippen LogP) is 3.30. The predicted molar refractivity (Wildman–Crippen MR) is 110 cm³/mol. The fraction of sp³-hybridized carbons (Fsp3) is 0.318. The third kappa shape index (κ3) is 3.63. The van der Waals surface area contributed by atoms with Crippen LogP contribution in [0.1, 0.15) is 22.3 Å². The summed E-state index contributed by atoms with van der Waals surface area (Å²) in [5, 5.41) is 1.13. The number of methoxy groups -OCH3 is 1. The van der Waals surface area contributed by atoms with Crippen LogP contribution in [-0.2, 0) is 0 Å². The number of aryl methyl sites for hydroxylation is 1. The van der Waals surface area contributed by atoms with Crippen LogP contribution >= 0.6 is 0 Å². The van der Waals surface area contributed by atoms with Crippen LogP contribution in [-0.4, -0.2) is 54.1 Å². The normalized spacial score (nSPS) is 14.8. The number of aromatic nitrogens is 2. The van der Waals surface area contributed by atoms with Gasteiger partial charge in [-0.3, -0.25) is 9.78 Å². The molecule has 0 unspecified atom stereocenters. The minimum atomic E-state index is 0.0663. The van der Waals surface area contributed by atoms with Gasteiger partial charge in [0.05, 0.1) is 12.6 Å². The van der Waals surface area contributed by atoms with E-state index in [9.17, 15) is 4.79 Å². The smallest absolute Gasteiger partial charge is 0.254 e. The lowest BCUT2D eigenvalue weighted by Crippen LogP contribution is -2.35. The number of carbonyl (C=O) groups is 1. The molecule has 0 atom stereocenters. The topological polar surface area (TPSA) is 58.6 Å². The van der Waals surface area contributed by atoms with Crippen molar-refractivity contribution < 1.29 is 9.53 Å². The molecule has 1 fully saturated rings. The molecule has 28 heavy (non-hydrogen) atoms. The van der Waals surface area contributed by atoms with Crippen LogP contribution in [0.15, 0.2) is 48.8 Å². The van der Waals surface area contributed by atoms with Crippen LogP contribution in [0.5, 0.6) is 5.75 Å². The Bertz CT molecular complexity index is 990. The van der Waals surface area contributed by atoms with E-state index in [1.54, 1.807) is 31.6 Å². The second-order valence-electron chi connectivity index (χ2n) is 7.05. The Kier molecular flexibility index (Phi) is 5.10. The van der Waals surface area contributed by atoms with Crippen molar-refractivity contribution in [2.75, 3.05) is 38.2 Å². The van der Waals surface area contributed by atoms with Crippen molar-refractivity contribution >= 4 is 22.6 Å². The highest BCUT2D eigenvalue weighted by Gasteiger charge is 2.21. The molecule has 0 bridgehead atoms. The standard InChI is InChI=1S/C22H24N4O2/c1-16-14-21(24-20-15-18(28-2)4-5-19(16)20)25-10-3-11-26(13-12-25)22(27)17-6-8-23-9-7-17/h4-9,14-15H,3,10-13H2,1-2H3. The van der Waals surface area contributed by atoms with Crippen molar-refractivity contribution in [3.8, 4) is 5.75 Å². The van der Waals surface area contributed by atoms with Crippen molar-refractivity contribution in [2.24, 2.45) is 0 Å². The van der Waals surface area contributed by atoms with E-state index in [1.807, 2.05) is 17.0 Å². The Morgan fingerprint density at radius 3 is 2.64 bits per heavy atom. The van der Waals surface area contributed by atoms with E-state index in [4.69, 9.17) is 9.72 Å². The van der Waals surface area contributed by atoms with Crippen molar-refractivity contribution in [1.29, 1.82) is 0 Å². The molecule has 3 aromatic rings. The molecule has 0 spiro atoms. The minimum absolute atomic E-state index is 0.0663. The van der Waals surface area contributed by atoms with Crippen LogP contribution in [0.2, 0.25) is 0 Å². The summed E-state index contributed by atoms with van der Waals surface area (Å²) in [6.45, 7) is 5.17. The Labute approximate surface area is 164 Å². The lowest BCUT2D eigenvalue weighted by atomic mass is 10.1. The summed E-state index contributed by atoms with van der Waals surface area (Å²) >= 11 is 0. The highest BCUT2D eigenvalue weighted by Crippen LogP contribution is 2.26. The first-order valence-electron chi connectivity index (χ1n) is 9.55.